The van der Waals surface area contributed by atoms with Crippen molar-refractivity contribution in [1.82, 2.24) is 29.5 Å². The summed E-state index contributed by atoms with van der Waals surface area (Å²) in [5.41, 5.74) is 1.34. The van der Waals surface area contributed by atoms with Crippen molar-refractivity contribution in [3.8, 4) is 0 Å². The van der Waals surface area contributed by atoms with Crippen molar-refractivity contribution < 1.29 is 4.74 Å². The molecule has 4 heterocycles. The highest BCUT2D eigenvalue weighted by Crippen LogP contribution is 2.27. The van der Waals surface area contributed by atoms with Gasteiger partial charge >= 0.3 is 0 Å². The zero-order valence-corrected chi connectivity index (χ0v) is 15.5. The first-order chi connectivity index (χ1) is 12.8. The minimum absolute atomic E-state index is 0.514. The van der Waals surface area contributed by atoms with Gasteiger partial charge in [-0.3, -0.25) is 14.8 Å². The zero-order chi connectivity index (χ0) is 17.8. The average Bonchev–Trinajstić information content (AvgIpc) is 3.05. The largest absolute Gasteiger partial charge is 0.379 e. The molecule has 0 unspecified atom stereocenters. The predicted octanol–water partition coefficient (Wildman–Crippen LogP) is 1.42. The summed E-state index contributed by atoms with van der Waals surface area (Å²) in [6.45, 7) is 7.70. The molecule has 0 aliphatic carbocycles. The lowest BCUT2D eigenvalue weighted by Crippen LogP contribution is -2.36. The lowest BCUT2D eigenvalue weighted by molar-refractivity contribution is 0.0326. The normalized spacial score (nSPS) is 20.5. The van der Waals surface area contributed by atoms with Gasteiger partial charge in [-0.15, -0.1) is 10.2 Å². The second-order valence-corrected chi connectivity index (χ2v) is 7.33. The van der Waals surface area contributed by atoms with Crippen LogP contribution in [0.25, 0.3) is 0 Å². The summed E-state index contributed by atoms with van der Waals surface area (Å²) in [5, 5.41) is 9.02. The summed E-state index contributed by atoms with van der Waals surface area (Å²) in [7, 11) is 2.12. The van der Waals surface area contributed by atoms with Gasteiger partial charge in [0.15, 0.2) is 0 Å². The molecule has 0 radical (unpaired) electrons. The van der Waals surface area contributed by atoms with Crippen molar-refractivity contribution >= 4 is 0 Å². The lowest BCUT2D eigenvalue weighted by atomic mass is 9.95. The van der Waals surface area contributed by atoms with Gasteiger partial charge in [-0.05, 0) is 43.6 Å². The van der Waals surface area contributed by atoms with Crippen LogP contribution in [0.1, 0.15) is 36.0 Å². The third kappa shape index (κ3) is 4.11. The van der Waals surface area contributed by atoms with E-state index in [-0.39, 0.29) is 0 Å². The quantitative estimate of drug-likeness (QED) is 0.808. The Labute approximate surface area is 155 Å². The van der Waals surface area contributed by atoms with E-state index < -0.39 is 0 Å². The van der Waals surface area contributed by atoms with E-state index in [1.54, 1.807) is 0 Å². The maximum Gasteiger partial charge on any atom is 0.146 e. The minimum atomic E-state index is 0.514. The molecule has 0 atom stereocenters. The lowest BCUT2D eigenvalue weighted by Gasteiger charge is -2.31. The van der Waals surface area contributed by atoms with Crippen molar-refractivity contribution in [3.05, 3.63) is 41.7 Å². The third-order valence-corrected chi connectivity index (χ3v) is 5.58. The Morgan fingerprint density at radius 2 is 1.65 bits per heavy atom. The molecule has 7 nitrogen and oxygen atoms in total. The van der Waals surface area contributed by atoms with E-state index in [1.165, 1.54) is 5.56 Å². The number of morpholine rings is 1. The fraction of sp³-hybridized carbons (Fsp3) is 0.632. The van der Waals surface area contributed by atoms with Gasteiger partial charge in [0.05, 0.1) is 19.8 Å². The van der Waals surface area contributed by atoms with Gasteiger partial charge in [-0.1, -0.05) is 0 Å². The highest BCUT2D eigenvalue weighted by atomic mass is 16.5. The third-order valence-electron chi connectivity index (χ3n) is 5.58. The number of hydrogen-bond acceptors (Lipinski definition) is 6. The van der Waals surface area contributed by atoms with Crippen molar-refractivity contribution in [2.45, 2.75) is 31.8 Å². The molecule has 7 heteroatoms. The second-order valence-electron chi connectivity index (χ2n) is 7.33. The summed E-state index contributed by atoms with van der Waals surface area (Å²) in [6.07, 6.45) is 6.04. The van der Waals surface area contributed by atoms with Gasteiger partial charge in [0.25, 0.3) is 0 Å². The average molecular weight is 356 g/mol. The maximum atomic E-state index is 5.43. The molecule has 2 aliphatic rings. The van der Waals surface area contributed by atoms with Crippen LogP contribution in [0.2, 0.25) is 0 Å². The first-order valence-corrected chi connectivity index (χ1v) is 9.59. The molecule has 4 rings (SSSR count). The van der Waals surface area contributed by atoms with Gasteiger partial charge in [0.2, 0.25) is 0 Å². The number of aromatic nitrogens is 4. The number of pyridine rings is 1. The Morgan fingerprint density at radius 1 is 0.962 bits per heavy atom. The van der Waals surface area contributed by atoms with E-state index in [9.17, 15) is 0 Å². The van der Waals surface area contributed by atoms with E-state index in [0.29, 0.717) is 5.92 Å². The molecule has 2 aliphatic heterocycles. The summed E-state index contributed by atoms with van der Waals surface area (Å²) < 4.78 is 7.65. The standard InChI is InChI=1S/C19H28N6O/c1-23-18(15-25-10-12-26-13-11-25)21-22-19(23)17-4-8-24(9-5-17)14-16-2-6-20-7-3-16/h2-3,6-7,17H,4-5,8-15H2,1H3. The number of piperidine rings is 1. The first-order valence-electron chi connectivity index (χ1n) is 9.59. The molecule has 0 aromatic carbocycles. The molecular weight excluding hydrogens is 328 g/mol. The maximum absolute atomic E-state index is 5.43. The van der Waals surface area contributed by atoms with Gasteiger partial charge in [-0.25, -0.2) is 0 Å². The zero-order valence-electron chi connectivity index (χ0n) is 15.5. The molecule has 2 saturated heterocycles. The number of hydrogen-bond donors (Lipinski definition) is 0. The second kappa shape index (κ2) is 8.24. The summed E-state index contributed by atoms with van der Waals surface area (Å²) in [4.78, 5) is 9.02. The van der Waals surface area contributed by atoms with E-state index in [1.807, 2.05) is 12.4 Å². The minimum Gasteiger partial charge on any atom is -0.379 e. The highest BCUT2D eigenvalue weighted by molar-refractivity contribution is 5.10. The summed E-state index contributed by atoms with van der Waals surface area (Å²) in [5.74, 6) is 2.73. The molecule has 140 valence electrons. The first kappa shape index (κ1) is 17.6. The Morgan fingerprint density at radius 3 is 2.38 bits per heavy atom. The van der Waals surface area contributed by atoms with Gasteiger partial charge < -0.3 is 9.30 Å². The summed E-state index contributed by atoms with van der Waals surface area (Å²) >= 11 is 0. The van der Waals surface area contributed by atoms with Crippen LogP contribution >= 0.6 is 0 Å². The van der Waals surface area contributed by atoms with Gasteiger partial charge in [0, 0.05) is 45.0 Å². The number of ether oxygens (including phenoxy) is 1. The smallest absolute Gasteiger partial charge is 0.146 e. The Kier molecular flexibility index (Phi) is 5.57. The van der Waals surface area contributed by atoms with Crippen molar-refractivity contribution in [3.63, 3.8) is 0 Å². The van der Waals surface area contributed by atoms with Crippen LogP contribution < -0.4 is 0 Å². The van der Waals surface area contributed by atoms with Crippen LogP contribution in [0.4, 0.5) is 0 Å². The number of likely N-dealkylation sites (tertiary alicyclic amines) is 1. The Bertz CT molecular complexity index is 689. The van der Waals surface area contributed by atoms with Crippen molar-refractivity contribution in [2.75, 3.05) is 39.4 Å². The van der Waals surface area contributed by atoms with E-state index in [0.717, 1.165) is 77.0 Å². The number of nitrogens with zero attached hydrogens (tertiary/aromatic N) is 6. The molecule has 0 amide bonds. The molecule has 26 heavy (non-hydrogen) atoms. The van der Waals surface area contributed by atoms with E-state index in [2.05, 4.69) is 48.7 Å². The van der Waals surface area contributed by atoms with E-state index in [4.69, 9.17) is 4.74 Å². The Balaban J connectivity index is 1.33. The molecule has 0 spiro atoms. The fourth-order valence-electron chi connectivity index (χ4n) is 3.92. The van der Waals surface area contributed by atoms with Crippen LogP contribution in [0, 0.1) is 0 Å². The topological polar surface area (TPSA) is 59.3 Å². The Hall–Kier alpha value is -1.83. The van der Waals surface area contributed by atoms with Gasteiger partial charge in [-0.2, -0.15) is 0 Å². The van der Waals surface area contributed by atoms with Crippen LogP contribution in [0.5, 0.6) is 0 Å². The molecule has 0 bridgehead atoms. The summed E-state index contributed by atoms with van der Waals surface area (Å²) in [6, 6.07) is 4.21. The molecule has 0 N–H and O–H groups in total. The SMILES string of the molecule is Cn1c(CN2CCOCC2)nnc1C1CCN(Cc2ccncc2)CC1. The van der Waals surface area contributed by atoms with Crippen LogP contribution in [0.15, 0.2) is 24.5 Å². The molecule has 2 fully saturated rings. The van der Waals surface area contributed by atoms with E-state index >= 15 is 0 Å². The monoisotopic (exact) mass is 356 g/mol. The fourth-order valence-corrected chi connectivity index (χ4v) is 3.92. The molecular formula is C19H28N6O. The van der Waals surface area contributed by atoms with Crippen LogP contribution in [0.3, 0.4) is 0 Å². The molecule has 2 aromatic heterocycles. The highest BCUT2D eigenvalue weighted by Gasteiger charge is 2.25. The molecule has 0 saturated carbocycles. The van der Waals surface area contributed by atoms with Crippen molar-refractivity contribution in [1.29, 1.82) is 0 Å². The van der Waals surface area contributed by atoms with Crippen molar-refractivity contribution in [2.24, 2.45) is 7.05 Å². The molecule has 2 aromatic rings. The van der Waals surface area contributed by atoms with Crippen LogP contribution in [-0.2, 0) is 24.9 Å². The van der Waals surface area contributed by atoms with Crippen LogP contribution in [-0.4, -0.2) is 68.9 Å². The number of rotatable bonds is 5. The predicted molar refractivity (Wildman–Crippen MR) is 98.6 cm³/mol. The van der Waals surface area contributed by atoms with Gasteiger partial charge in [0.1, 0.15) is 11.6 Å².